The van der Waals surface area contributed by atoms with Gasteiger partial charge in [0.15, 0.2) is 5.96 Å². The Morgan fingerprint density at radius 2 is 2.05 bits per heavy atom. The molecule has 0 bridgehead atoms. The molecule has 0 spiro atoms. The number of unbranched alkanes of at least 4 members (excludes halogenated alkanes) is 1. The van der Waals surface area contributed by atoms with Crippen LogP contribution >= 0.6 is 11.3 Å². The lowest BCUT2D eigenvalue weighted by Gasteiger charge is -2.11. The Balaban J connectivity index is 2.13. The second-order valence-electron chi connectivity index (χ2n) is 5.64. The van der Waals surface area contributed by atoms with Gasteiger partial charge < -0.3 is 10.6 Å². The lowest BCUT2D eigenvalue weighted by molar-refractivity contribution is 0.534. The minimum absolute atomic E-state index is 0.800. The van der Waals surface area contributed by atoms with E-state index in [-0.39, 0.29) is 0 Å². The monoisotopic (exact) mass is 310 g/mol. The van der Waals surface area contributed by atoms with Gasteiger partial charge in [0.2, 0.25) is 0 Å². The predicted molar refractivity (Wildman–Crippen MR) is 93.2 cm³/mol. The molecule has 0 atom stereocenters. The number of nitrogens with one attached hydrogen (secondary N) is 2. The molecular formula is C16H30N4S. The van der Waals surface area contributed by atoms with E-state index in [4.69, 9.17) is 0 Å². The molecule has 0 amide bonds. The van der Waals surface area contributed by atoms with Crippen LogP contribution in [0.15, 0.2) is 11.2 Å². The smallest absolute Gasteiger partial charge is 0.190 e. The largest absolute Gasteiger partial charge is 0.356 e. The molecule has 1 rings (SSSR count). The van der Waals surface area contributed by atoms with E-state index in [0.29, 0.717) is 0 Å². The SMILES string of the molecule is CCc1cnc(CCNC(=NC)NCCCCC(C)C)s1. The number of aromatic nitrogens is 1. The van der Waals surface area contributed by atoms with Crippen molar-refractivity contribution < 1.29 is 0 Å². The van der Waals surface area contributed by atoms with Gasteiger partial charge in [-0.15, -0.1) is 11.3 Å². The third-order valence-corrected chi connectivity index (χ3v) is 4.51. The van der Waals surface area contributed by atoms with Crippen LogP contribution in [-0.2, 0) is 12.8 Å². The van der Waals surface area contributed by atoms with Crippen LogP contribution in [0.25, 0.3) is 0 Å². The van der Waals surface area contributed by atoms with Gasteiger partial charge in [0.25, 0.3) is 0 Å². The number of aryl methyl sites for hydroxylation is 1. The van der Waals surface area contributed by atoms with Crippen LogP contribution in [0.2, 0.25) is 0 Å². The van der Waals surface area contributed by atoms with E-state index in [1.807, 2.05) is 24.6 Å². The normalized spacial score (nSPS) is 12.0. The van der Waals surface area contributed by atoms with Crippen molar-refractivity contribution in [3.8, 4) is 0 Å². The Labute approximate surface area is 133 Å². The van der Waals surface area contributed by atoms with Crippen molar-refractivity contribution >= 4 is 17.3 Å². The number of rotatable bonds is 9. The minimum atomic E-state index is 0.800. The molecule has 0 saturated heterocycles. The van der Waals surface area contributed by atoms with Crippen molar-refractivity contribution in [2.45, 2.75) is 52.9 Å². The average molecular weight is 311 g/mol. The lowest BCUT2D eigenvalue weighted by Crippen LogP contribution is -2.38. The highest BCUT2D eigenvalue weighted by Crippen LogP contribution is 2.13. The molecular weight excluding hydrogens is 280 g/mol. The van der Waals surface area contributed by atoms with E-state index in [2.05, 4.69) is 41.4 Å². The average Bonchev–Trinajstić information content (AvgIpc) is 2.92. The molecule has 0 aromatic carbocycles. The molecule has 0 aliphatic carbocycles. The predicted octanol–water partition coefficient (Wildman–Crippen LogP) is 3.24. The van der Waals surface area contributed by atoms with Gasteiger partial charge in [0.05, 0.1) is 5.01 Å². The van der Waals surface area contributed by atoms with Crippen LogP contribution in [0, 0.1) is 5.92 Å². The van der Waals surface area contributed by atoms with Gasteiger partial charge in [0.1, 0.15) is 0 Å². The molecule has 1 aromatic heterocycles. The zero-order valence-electron chi connectivity index (χ0n) is 13.9. The first-order chi connectivity index (χ1) is 10.2. The molecule has 0 unspecified atom stereocenters. The maximum atomic E-state index is 4.43. The number of aliphatic imine (C=N–C) groups is 1. The topological polar surface area (TPSA) is 49.3 Å². The molecule has 21 heavy (non-hydrogen) atoms. The number of thiazole rings is 1. The molecule has 0 saturated carbocycles. The maximum absolute atomic E-state index is 4.43. The summed E-state index contributed by atoms with van der Waals surface area (Å²) in [5, 5.41) is 7.92. The number of guanidine groups is 1. The van der Waals surface area contributed by atoms with Gasteiger partial charge in [-0.1, -0.05) is 33.6 Å². The summed E-state index contributed by atoms with van der Waals surface area (Å²) >= 11 is 1.81. The number of nitrogens with zero attached hydrogens (tertiary/aromatic N) is 2. The van der Waals surface area contributed by atoms with Gasteiger partial charge in [-0.25, -0.2) is 4.98 Å². The van der Waals surface area contributed by atoms with Crippen molar-refractivity contribution in [1.29, 1.82) is 0 Å². The quantitative estimate of drug-likeness (QED) is 0.418. The highest BCUT2D eigenvalue weighted by Gasteiger charge is 2.02. The third kappa shape index (κ3) is 8.05. The fourth-order valence-corrected chi connectivity index (χ4v) is 2.88. The summed E-state index contributed by atoms with van der Waals surface area (Å²) in [6, 6.07) is 0. The highest BCUT2D eigenvalue weighted by molar-refractivity contribution is 7.11. The van der Waals surface area contributed by atoms with Crippen molar-refractivity contribution in [1.82, 2.24) is 15.6 Å². The van der Waals surface area contributed by atoms with E-state index >= 15 is 0 Å². The van der Waals surface area contributed by atoms with Crippen molar-refractivity contribution in [2.75, 3.05) is 20.1 Å². The van der Waals surface area contributed by atoms with Crippen molar-refractivity contribution in [3.63, 3.8) is 0 Å². The maximum Gasteiger partial charge on any atom is 0.190 e. The molecule has 1 aromatic rings. The van der Waals surface area contributed by atoms with Gasteiger partial charge >= 0.3 is 0 Å². The Kier molecular flexibility index (Phi) is 9.06. The minimum Gasteiger partial charge on any atom is -0.356 e. The summed E-state index contributed by atoms with van der Waals surface area (Å²) in [7, 11) is 1.82. The standard InChI is InChI=1S/C16H30N4S/c1-5-14-12-20-15(21-14)9-11-19-16(17-4)18-10-7-6-8-13(2)3/h12-13H,5-11H2,1-4H3,(H2,17,18,19). The van der Waals surface area contributed by atoms with E-state index in [9.17, 15) is 0 Å². The molecule has 5 heteroatoms. The Hall–Kier alpha value is -1.10. The fourth-order valence-electron chi connectivity index (χ4n) is 2.02. The lowest BCUT2D eigenvalue weighted by atomic mass is 10.1. The van der Waals surface area contributed by atoms with Crippen LogP contribution in [0.4, 0.5) is 0 Å². The fraction of sp³-hybridized carbons (Fsp3) is 0.750. The molecule has 0 radical (unpaired) electrons. The van der Waals surface area contributed by atoms with Crippen molar-refractivity contribution in [2.24, 2.45) is 10.9 Å². The molecule has 0 aliphatic heterocycles. The molecule has 120 valence electrons. The second-order valence-corrected chi connectivity index (χ2v) is 6.84. The molecule has 0 aliphatic rings. The third-order valence-electron chi connectivity index (χ3n) is 3.31. The van der Waals surface area contributed by atoms with Gasteiger partial charge in [-0.05, 0) is 18.8 Å². The second kappa shape index (κ2) is 10.6. The number of hydrogen-bond acceptors (Lipinski definition) is 3. The zero-order chi connectivity index (χ0) is 15.5. The summed E-state index contributed by atoms with van der Waals surface area (Å²) < 4.78 is 0. The van der Waals surface area contributed by atoms with Gasteiger partial charge in [-0.2, -0.15) is 0 Å². The van der Waals surface area contributed by atoms with E-state index in [1.54, 1.807) is 0 Å². The zero-order valence-corrected chi connectivity index (χ0v) is 14.7. The molecule has 4 nitrogen and oxygen atoms in total. The van der Waals surface area contributed by atoms with Crippen molar-refractivity contribution in [3.05, 3.63) is 16.1 Å². The Morgan fingerprint density at radius 3 is 2.67 bits per heavy atom. The first-order valence-corrected chi connectivity index (χ1v) is 8.85. The molecule has 1 heterocycles. The van der Waals surface area contributed by atoms with Crippen LogP contribution in [0.3, 0.4) is 0 Å². The summed E-state index contributed by atoms with van der Waals surface area (Å²) in [6.45, 7) is 8.58. The first-order valence-electron chi connectivity index (χ1n) is 8.03. The Bertz CT molecular complexity index is 412. The number of hydrogen-bond donors (Lipinski definition) is 2. The molecule has 2 N–H and O–H groups in total. The highest BCUT2D eigenvalue weighted by atomic mass is 32.1. The van der Waals surface area contributed by atoms with Gasteiger partial charge in [0, 0.05) is 37.6 Å². The summed E-state index contributed by atoms with van der Waals surface area (Å²) in [5.41, 5.74) is 0. The summed E-state index contributed by atoms with van der Waals surface area (Å²) in [6.07, 6.45) is 7.80. The van der Waals surface area contributed by atoms with Gasteiger partial charge in [-0.3, -0.25) is 4.99 Å². The summed E-state index contributed by atoms with van der Waals surface area (Å²) in [5.74, 6) is 1.69. The first kappa shape index (κ1) is 18.0. The van der Waals surface area contributed by atoms with E-state index in [0.717, 1.165) is 37.8 Å². The van der Waals surface area contributed by atoms with E-state index in [1.165, 1.54) is 29.1 Å². The van der Waals surface area contributed by atoms with Crippen LogP contribution in [0.1, 0.15) is 49.9 Å². The van der Waals surface area contributed by atoms with Crippen LogP contribution < -0.4 is 10.6 Å². The molecule has 0 fully saturated rings. The summed E-state index contributed by atoms with van der Waals surface area (Å²) in [4.78, 5) is 10.0. The van der Waals surface area contributed by atoms with Crippen LogP contribution in [0.5, 0.6) is 0 Å². The van der Waals surface area contributed by atoms with E-state index < -0.39 is 0 Å². The Morgan fingerprint density at radius 1 is 1.29 bits per heavy atom. The van der Waals surface area contributed by atoms with Crippen LogP contribution in [-0.4, -0.2) is 31.1 Å².